The van der Waals surface area contributed by atoms with Gasteiger partial charge in [-0.3, -0.25) is 4.79 Å². The Kier molecular flexibility index (Phi) is 4.82. The van der Waals surface area contributed by atoms with Gasteiger partial charge in [0.05, 0.1) is 22.7 Å². The normalized spacial score (nSPS) is 51.7. The topological polar surface area (TPSA) is 117 Å². The van der Waals surface area contributed by atoms with Crippen molar-refractivity contribution in [3.05, 3.63) is 12.2 Å². The molecule has 0 spiro atoms. The van der Waals surface area contributed by atoms with Crippen LogP contribution in [-0.4, -0.2) is 45.6 Å². The third-order valence-electron chi connectivity index (χ3n) is 10.1. The van der Waals surface area contributed by atoms with Gasteiger partial charge in [-0.05, 0) is 69.3 Å². The fourth-order valence-electron chi connectivity index (χ4n) is 8.57. The van der Waals surface area contributed by atoms with Crippen LogP contribution in [0.2, 0.25) is 0 Å². The molecule has 4 aliphatic carbocycles. The number of ether oxygens (including phenoxy) is 2. The van der Waals surface area contributed by atoms with E-state index in [4.69, 9.17) is 9.47 Å². The summed E-state index contributed by atoms with van der Waals surface area (Å²) in [4.78, 5) is 23.2. The molecule has 174 valence electrons. The number of nitriles is 1. The number of esters is 2. The Hall–Kier alpha value is -1.91. The average molecular weight is 444 g/mol. The molecule has 5 rings (SSSR count). The average Bonchev–Trinajstić information content (AvgIpc) is 3.27. The molecular formula is C25H33NO6. The van der Waals surface area contributed by atoms with Crippen LogP contribution in [-0.2, 0) is 19.1 Å². The highest BCUT2D eigenvalue weighted by atomic mass is 16.5. The first kappa shape index (κ1) is 21.9. The van der Waals surface area contributed by atoms with Crippen molar-refractivity contribution >= 4 is 11.9 Å². The molecule has 7 heteroatoms. The maximum absolute atomic E-state index is 12.2. The zero-order valence-electron chi connectivity index (χ0n) is 18.9. The van der Waals surface area contributed by atoms with E-state index in [1.807, 2.05) is 6.08 Å². The number of fused-ring (bicyclic) bond motifs is 5. The molecule has 0 aromatic carbocycles. The first-order valence-electron chi connectivity index (χ1n) is 12.0. The van der Waals surface area contributed by atoms with Crippen molar-refractivity contribution in [1.29, 1.82) is 5.26 Å². The number of aliphatic hydroxyl groups is 2. The summed E-state index contributed by atoms with van der Waals surface area (Å²) >= 11 is 0. The summed E-state index contributed by atoms with van der Waals surface area (Å²) in [6.45, 7) is 3.50. The second-order valence-corrected chi connectivity index (χ2v) is 11.1. The molecular weight excluding hydrogens is 410 g/mol. The van der Waals surface area contributed by atoms with E-state index in [1.54, 1.807) is 0 Å². The first-order chi connectivity index (χ1) is 15.1. The van der Waals surface area contributed by atoms with Crippen LogP contribution in [0.5, 0.6) is 0 Å². The molecule has 4 saturated carbocycles. The summed E-state index contributed by atoms with van der Waals surface area (Å²) in [5.41, 5.74) is -3.52. The van der Waals surface area contributed by atoms with Gasteiger partial charge in [0.15, 0.2) is 0 Å². The molecule has 1 heterocycles. The number of cyclic esters (lactones) is 1. The molecule has 7 nitrogen and oxygen atoms in total. The Balaban J connectivity index is 1.45. The lowest BCUT2D eigenvalue weighted by Crippen LogP contribution is -2.68. The van der Waals surface area contributed by atoms with E-state index in [0.29, 0.717) is 32.1 Å². The lowest BCUT2D eigenvalue weighted by Gasteiger charge is -2.64. The number of hydrogen-bond donors (Lipinski definition) is 2. The smallest absolute Gasteiger partial charge is 0.331 e. The van der Waals surface area contributed by atoms with Gasteiger partial charge in [-0.25, -0.2) is 4.79 Å². The minimum Gasteiger partial charge on any atom is -0.462 e. The Labute approximate surface area is 188 Å². The molecule has 32 heavy (non-hydrogen) atoms. The van der Waals surface area contributed by atoms with Crippen molar-refractivity contribution < 1.29 is 29.3 Å². The molecule has 9 atom stereocenters. The molecule has 0 unspecified atom stereocenters. The number of carbonyl (C=O) groups excluding carboxylic acids is 2. The van der Waals surface area contributed by atoms with Gasteiger partial charge in [0, 0.05) is 30.8 Å². The number of rotatable bonds is 2. The monoisotopic (exact) mass is 443 g/mol. The molecule has 0 saturated heterocycles. The fraction of sp³-hybridized carbons (Fsp3) is 0.800. The standard InChI is InChI=1S/C25H33NO6/c1-15(27)31-16-5-10-23(14-26)17-6-9-22(2)19(20-3-4-21(28)32-20)8-12-25(22,30)18(17)7-11-24(23,29)13-16/h3-4,16-20,29-30H,5-13H2,1-2H3/t16-,17+,18-,19+,20+,22-,23+,24+,25-/m1/s1. The van der Waals surface area contributed by atoms with E-state index in [2.05, 4.69) is 13.0 Å². The predicted molar refractivity (Wildman–Crippen MR) is 113 cm³/mol. The molecule has 0 aromatic heterocycles. The minimum absolute atomic E-state index is 0.0506. The number of nitrogens with zero attached hydrogens (tertiary/aromatic N) is 1. The van der Waals surface area contributed by atoms with Crippen molar-refractivity contribution in [2.75, 3.05) is 0 Å². The molecule has 0 amide bonds. The molecule has 5 aliphatic rings. The SMILES string of the molecule is CC(=O)O[C@@H]1CC[C@]2(C#N)[C@H]3CC[C@]4(C)[C@H]([C@@H]5C=CC(=O)O5)CC[C@@]4(O)[C@@H]3CC[C@]2(O)C1. The summed E-state index contributed by atoms with van der Waals surface area (Å²) in [5, 5.41) is 34.4. The molecule has 0 bridgehead atoms. The van der Waals surface area contributed by atoms with Crippen LogP contribution in [0.4, 0.5) is 0 Å². The van der Waals surface area contributed by atoms with Gasteiger partial charge in [-0.2, -0.15) is 5.26 Å². The number of carbonyl (C=O) groups is 2. The van der Waals surface area contributed by atoms with Crippen LogP contribution < -0.4 is 0 Å². The van der Waals surface area contributed by atoms with Gasteiger partial charge < -0.3 is 19.7 Å². The summed E-state index contributed by atoms with van der Waals surface area (Å²) < 4.78 is 10.9. The molecule has 4 fully saturated rings. The number of hydrogen-bond acceptors (Lipinski definition) is 7. The first-order valence-corrected chi connectivity index (χ1v) is 12.0. The highest BCUT2D eigenvalue weighted by Crippen LogP contribution is 2.70. The van der Waals surface area contributed by atoms with Crippen LogP contribution in [0.1, 0.15) is 71.6 Å². The summed E-state index contributed by atoms with van der Waals surface area (Å²) in [6.07, 6.45) is 7.86. The maximum atomic E-state index is 12.2. The molecule has 0 aromatic rings. The quantitative estimate of drug-likeness (QED) is 0.630. The fourth-order valence-corrected chi connectivity index (χ4v) is 8.57. The highest BCUT2D eigenvalue weighted by molar-refractivity contribution is 5.84. The summed E-state index contributed by atoms with van der Waals surface area (Å²) in [7, 11) is 0. The summed E-state index contributed by atoms with van der Waals surface area (Å²) in [5.74, 6) is -0.827. The lowest BCUT2D eigenvalue weighted by atomic mass is 9.41. The highest BCUT2D eigenvalue weighted by Gasteiger charge is 2.72. The Morgan fingerprint density at radius 1 is 1.12 bits per heavy atom. The van der Waals surface area contributed by atoms with Gasteiger partial charge in [0.2, 0.25) is 0 Å². The van der Waals surface area contributed by atoms with E-state index >= 15 is 0 Å². The van der Waals surface area contributed by atoms with Gasteiger partial charge in [-0.1, -0.05) is 6.92 Å². The molecule has 2 N–H and O–H groups in total. The lowest BCUT2D eigenvalue weighted by molar-refractivity contribution is -0.247. The second kappa shape index (κ2) is 7.04. The maximum Gasteiger partial charge on any atom is 0.331 e. The van der Waals surface area contributed by atoms with Crippen molar-refractivity contribution in [3.8, 4) is 6.07 Å². The van der Waals surface area contributed by atoms with Crippen molar-refractivity contribution in [3.63, 3.8) is 0 Å². The molecule has 0 radical (unpaired) electrons. The van der Waals surface area contributed by atoms with Gasteiger partial charge in [0.25, 0.3) is 0 Å². The zero-order valence-corrected chi connectivity index (χ0v) is 18.9. The van der Waals surface area contributed by atoms with Crippen LogP contribution in [0.3, 0.4) is 0 Å². The van der Waals surface area contributed by atoms with Gasteiger partial charge >= 0.3 is 11.9 Å². The zero-order chi connectivity index (χ0) is 22.9. The Morgan fingerprint density at radius 2 is 1.84 bits per heavy atom. The van der Waals surface area contributed by atoms with Crippen LogP contribution >= 0.6 is 0 Å². The van der Waals surface area contributed by atoms with Crippen molar-refractivity contribution in [2.45, 2.75) is 95.0 Å². The Morgan fingerprint density at radius 3 is 2.50 bits per heavy atom. The van der Waals surface area contributed by atoms with E-state index in [9.17, 15) is 25.1 Å². The van der Waals surface area contributed by atoms with E-state index in [-0.39, 0.29) is 48.3 Å². The van der Waals surface area contributed by atoms with E-state index in [0.717, 1.165) is 19.3 Å². The van der Waals surface area contributed by atoms with Crippen LogP contribution in [0.15, 0.2) is 12.2 Å². The third-order valence-corrected chi connectivity index (χ3v) is 10.1. The van der Waals surface area contributed by atoms with Crippen LogP contribution in [0.25, 0.3) is 0 Å². The Bertz CT molecular complexity index is 911. The largest absolute Gasteiger partial charge is 0.462 e. The summed E-state index contributed by atoms with van der Waals surface area (Å²) in [6, 6.07) is 2.53. The predicted octanol–water partition coefficient (Wildman–Crippen LogP) is 2.79. The molecule has 1 aliphatic heterocycles. The van der Waals surface area contributed by atoms with E-state index in [1.165, 1.54) is 13.0 Å². The van der Waals surface area contributed by atoms with Gasteiger partial charge in [-0.15, -0.1) is 0 Å². The van der Waals surface area contributed by atoms with E-state index < -0.39 is 22.0 Å². The minimum atomic E-state index is -1.22. The van der Waals surface area contributed by atoms with Crippen molar-refractivity contribution in [2.24, 2.45) is 28.6 Å². The third kappa shape index (κ3) is 2.72. The van der Waals surface area contributed by atoms with Crippen LogP contribution in [0, 0.1) is 39.9 Å². The second-order valence-electron chi connectivity index (χ2n) is 11.1. The van der Waals surface area contributed by atoms with Crippen molar-refractivity contribution in [1.82, 2.24) is 0 Å². The van der Waals surface area contributed by atoms with Gasteiger partial charge in [0.1, 0.15) is 12.2 Å².